The molecule has 1 N–H and O–H groups in total. The van der Waals surface area contributed by atoms with Gasteiger partial charge in [0, 0.05) is 3.57 Å². The second-order valence-electron chi connectivity index (χ2n) is 6.85. The maximum absolute atomic E-state index is 14.4. The Morgan fingerprint density at radius 2 is 1.43 bits per heavy atom. The van der Waals surface area contributed by atoms with Crippen molar-refractivity contribution in [3.8, 4) is 11.5 Å². The van der Waals surface area contributed by atoms with E-state index in [1.54, 1.807) is 45.2 Å². The maximum atomic E-state index is 14.4. The minimum absolute atomic E-state index is 0.0303. The van der Waals surface area contributed by atoms with Gasteiger partial charge in [-0.25, -0.2) is 13.6 Å². The van der Waals surface area contributed by atoms with Crippen LogP contribution in [0, 0.1) is 30.4 Å². The van der Waals surface area contributed by atoms with Crippen LogP contribution >= 0.6 is 45.2 Å². The molecule has 0 spiro atoms. The second-order valence-corrected chi connectivity index (χ2v) is 12.2. The Bertz CT molecular complexity index is 1630. The SMILES string of the molecule is C=Cc1ccc(S(=O)(=O)Oc2c(I)cc(I)cc2C(=O)Oc2c(F)c(F)c(S(=O)(=O)O)c(F)c2F)cc1. The molecular formula is C21H10F4I2O8S2. The van der Waals surface area contributed by atoms with Crippen LogP contribution in [0.5, 0.6) is 11.5 Å². The van der Waals surface area contributed by atoms with E-state index in [2.05, 4.69) is 11.3 Å². The van der Waals surface area contributed by atoms with Crippen molar-refractivity contribution < 1.29 is 52.7 Å². The molecule has 3 aromatic rings. The van der Waals surface area contributed by atoms with Crippen LogP contribution in [0.2, 0.25) is 0 Å². The largest absolute Gasteiger partial charge is 0.416 e. The highest BCUT2D eigenvalue weighted by Crippen LogP contribution is 2.35. The molecule has 0 aliphatic carbocycles. The number of hydrogen-bond acceptors (Lipinski definition) is 7. The molecule has 0 saturated heterocycles. The minimum atomic E-state index is -5.74. The number of carbonyl (C=O) groups is 1. The lowest BCUT2D eigenvalue weighted by Crippen LogP contribution is -2.18. The zero-order valence-corrected chi connectivity index (χ0v) is 23.6. The fraction of sp³-hybridized carbons (Fsp3) is 0. The van der Waals surface area contributed by atoms with Crippen LogP contribution < -0.4 is 8.92 Å². The van der Waals surface area contributed by atoms with E-state index in [0.717, 1.165) is 6.07 Å². The Balaban J connectivity index is 2.09. The van der Waals surface area contributed by atoms with Crippen molar-refractivity contribution in [3.63, 3.8) is 0 Å². The van der Waals surface area contributed by atoms with E-state index in [1.807, 2.05) is 0 Å². The Morgan fingerprint density at radius 3 is 1.92 bits per heavy atom. The van der Waals surface area contributed by atoms with E-state index in [0.29, 0.717) is 9.13 Å². The average Bonchev–Trinajstić information content (AvgIpc) is 2.81. The monoisotopic (exact) mass is 784 g/mol. The highest BCUT2D eigenvalue weighted by molar-refractivity contribution is 14.1. The standard InChI is InChI=1S/C21H10F4I2O8S2/c1-2-9-3-5-11(6-4-9)37(32,33)35-18-12(7-10(26)8-13(18)27)21(28)34-19-14(22)16(24)20(36(29,30)31)17(25)15(19)23/h2-8H,1H2,(H,29,30,31). The molecule has 0 unspecified atom stereocenters. The van der Waals surface area contributed by atoms with Gasteiger partial charge in [0.15, 0.2) is 22.3 Å². The maximum Gasteiger partial charge on any atom is 0.347 e. The molecule has 0 atom stereocenters. The number of benzene rings is 3. The summed E-state index contributed by atoms with van der Waals surface area (Å²) in [5.74, 6) is -14.3. The molecule has 37 heavy (non-hydrogen) atoms. The van der Waals surface area contributed by atoms with Crippen LogP contribution in [0.25, 0.3) is 6.08 Å². The van der Waals surface area contributed by atoms with Crippen molar-refractivity contribution in [2.45, 2.75) is 9.79 Å². The van der Waals surface area contributed by atoms with Crippen LogP contribution in [0.4, 0.5) is 17.6 Å². The molecule has 0 radical (unpaired) electrons. The van der Waals surface area contributed by atoms with Gasteiger partial charge in [-0.3, -0.25) is 4.55 Å². The number of halogens is 6. The molecule has 196 valence electrons. The summed E-state index contributed by atoms with van der Waals surface area (Å²) in [5, 5.41) is 0. The van der Waals surface area contributed by atoms with Crippen LogP contribution in [-0.4, -0.2) is 27.4 Å². The third kappa shape index (κ3) is 6.07. The molecule has 0 heterocycles. The quantitative estimate of drug-likeness (QED) is 0.0650. The number of hydrogen-bond donors (Lipinski definition) is 1. The van der Waals surface area contributed by atoms with Gasteiger partial charge in [0.2, 0.25) is 17.4 Å². The Morgan fingerprint density at radius 1 is 0.892 bits per heavy atom. The predicted molar refractivity (Wildman–Crippen MR) is 137 cm³/mol. The molecule has 16 heteroatoms. The predicted octanol–water partition coefficient (Wildman–Crippen LogP) is 5.33. The first kappa shape index (κ1) is 29.3. The Kier molecular flexibility index (Phi) is 8.57. The van der Waals surface area contributed by atoms with Crippen LogP contribution in [-0.2, 0) is 20.2 Å². The van der Waals surface area contributed by atoms with Gasteiger partial charge in [0.25, 0.3) is 0 Å². The lowest BCUT2D eigenvalue weighted by Gasteiger charge is -2.15. The molecule has 0 aliphatic heterocycles. The first-order valence-electron chi connectivity index (χ1n) is 9.30. The minimum Gasteiger partial charge on any atom is -0.416 e. The summed E-state index contributed by atoms with van der Waals surface area (Å²) in [7, 11) is -10.3. The average molecular weight is 784 g/mol. The van der Waals surface area contributed by atoms with E-state index in [9.17, 15) is 39.2 Å². The van der Waals surface area contributed by atoms with Crippen LogP contribution in [0.3, 0.4) is 0 Å². The second kappa shape index (κ2) is 10.8. The number of ether oxygens (including phenoxy) is 1. The summed E-state index contributed by atoms with van der Waals surface area (Å²) in [6.45, 7) is 3.54. The molecule has 0 bridgehead atoms. The first-order chi connectivity index (χ1) is 17.1. The first-order valence-corrected chi connectivity index (χ1v) is 14.3. The molecular weight excluding hydrogens is 774 g/mol. The van der Waals surface area contributed by atoms with Crippen molar-refractivity contribution in [3.05, 3.63) is 84.5 Å². The topological polar surface area (TPSA) is 124 Å². The summed E-state index contributed by atoms with van der Waals surface area (Å²) in [6, 6.07) is 7.61. The van der Waals surface area contributed by atoms with E-state index < -0.39 is 71.4 Å². The van der Waals surface area contributed by atoms with Crippen molar-refractivity contribution in [1.82, 2.24) is 0 Å². The van der Waals surface area contributed by atoms with Crippen molar-refractivity contribution in [2.75, 3.05) is 0 Å². The van der Waals surface area contributed by atoms with Crippen LogP contribution in [0.15, 0.2) is 52.8 Å². The van der Waals surface area contributed by atoms with Gasteiger partial charge in [-0.15, -0.1) is 0 Å². The van der Waals surface area contributed by atoms with Crippen molar-refractivity contribution in [1.29, 1.82) is 0 Å². The molecule has 3 aromatic carbocycles. The van der Waals surface area contributed by atoms with E-state index in [1.165, 1.54) is 36.4 Å². The fourth-order valence-corrected chi connectivity index (χ4v) is 6.48. The molecule has 0 aromatic heterocycles. The third-order valence-electron chi connectivity index (χ3n) is 4.46. The highest BCUT2D eigenvalue weighted by Gasteiger charge is 2.35. The third-order valence-corrected chi connectivity index (χ3v) is 8.00. The number of rotatable bonds is 7. The highest BCUT2D eigenvalue weighted by atomic mass is 127. The van der Waals surface area contributed by atoms with Gasteiger partial charge in [-0.05, 0) is 75.0 Å². The zero-order chi connectivity index (χ0) is 27.9. The van der Waals surface area contributed by atoms with Gasteiger partial charge >= 0.3 is 26.2 Å². The van der Waals surface area contributed by atoms with Gasteiger partial charge in [0.1, 0.15) is 10.5 Å². The van der Waals surface area contributed by atoms with Gasteiger partial charge in [-0.1, -0.05) is 24.8 Å². The normalized spacial score (nSPS) is 11.8. The number of esters is 1. The van der Waals surface area contributed by atoms with Gasteiger partial charge in [-0.2, -0.15) is 25.6 Å². The zero-order valence-electron chi connectivity index (χ0n) is 17.6. The molecule has 0 amide bonds. The summed E-state index contributed by atoms with van der Waals surface area (Å²) in [6.07, 6.45) is 1.46. The fourth-order valence-electron chi connectivity index (χ4n) is 2.78. The van der Waals surface area contributed by atoms with Gasteiger partial charge < -0.3 is 8.92 Å². The number of carbonyl (C=O) groups excluding carboxylic acids is 1. The Hall–Kier alpha value is -2.29. The molecule has 3 rings (SSSR count). The van der Waals surface area contributed by atoms with Crippen LogP contribution in [0.1, 0.15) is 15.9 Å². The van der Waals surface area contributed by atoms with Crippen molar-refractivity contribution >= 4 is 77.5 Å². The van der Waals surface area contributed by atoms with E-state index in [4.69, 9.17) is 8.74 Å². The van der Waals surface area contributed by atoms with Crippen molar-refractivity contribution in [2.24, 2.45) is 0 Å². The smallest absolute Gasteiger partial charge is 0.347 e. The molecule has 0 fully saturated rings. The summed E-state index contributed by atoms with van der Waals surface area (Å²) in [4.78, 5) is 10.1. The van der Waals surface area contributed by atoms with E-state index in [-0.39, 0.29) is 8.47 Å². The molecule has 0 aliphatic rings. The summed E-state index contributed by atoms with van der Waals surface area (Å²) in [5.41, 5.74) is -0.114. The van der Waals surface area contributed by atoms with Gasteiger partial charge in [0.05, 0.1) is 3.57 Å². The lowest BCUT2D eigenvalue weighted by molar-refractivity contribution is 0.0714. The summed E-state index contributed by atoms with van der Waals surface area (Å²) >= 11 is 3.32. The van der Waals surface area contributed by atoms with E-state index >= 15 is 0 Å². The Labute approximate surface area is 234 Å². The molecule has 8 nitrogen and oxygen atoms in total. The lowest BCUT2D eigenvalue weighted by atomic mass is 10.2. The molecule has 0 saturated carbocycles. The summed E-state index contributed by atoms with van der Waals surface area (Å²) < 4.78 is 123.